The van der Waals surface area contributed by atoms with Crippen LogP contribution in [0.3, 0.4) is 0 Å². The normalized spacial score (nSPS) is 18.6. The Labute approximate surface area is 135 Å². The van der Waals surface area contributed by atoms with Gasteiger partial charge in [0.25, 0.3) is 0 Å². The van der Waals surface area contributed by atoms with Crippen LogP contribution in [0.5, 0.6) is 0 Å². The summed E-state index contributed by atoms with van der Waals surface area (Å²) in [4.78, 5) is 14.7. The van der Waals surface area contributed by atoms with Crippen LogP contribution in [0.1, 0.15) is 25.8 Å². The number of hydrogen-bond acceptors (Lipinski definition) is 4. The van der Waals surface area contributed by atoms with Crippen LogP contribution in [-0.2, 0) is 4.79 Å². The third-order valence-electron chi connectivity index (χ3n) is 3.89. The lowest BCUT2D eigenvalue weighted by Crippen LogP contribution is -2.46. The molecule has 1 amide bonds. The summed E-state index contributed by atoms with van der Waals surface area (Å²) in [6.45, 7) is 5.11. The number of amides is 1. The predicted octanol–water partition coefficient (Wildman–Crippen LogP) is 2.04. The number of thioether (sulfide) groups is 1. The van der Waals surface area contributed by atoms with Crippen molar-refractivity contribution in [3.63, 3.8) is 0 Å². The first-order valence-corrected chi connectivity index (χ1v) is 9.08. The molecule has 7 heteroatoms. The lowest BCUT2D eigenvalue weighted by molar-refractivity contribution is -0.125. The molecule has 0 spiro atoms. The minimum atomic E-state index is -0.327. The quantitative estimate of drug-likeness (QED) is 0.867. The van der Waals surface area contributed by atoms with Gasteiger partial charge in [0.1, 0.15) is 6.04 Å². The first kappa shape index (κ1) is 16.6. The smallest absolute Gasteiger partial charge is 0.244 e. The number of halogens is 1. The van der Waals surface area contributed by atoms with Crippen LogP contribution in [0.4, 0.5) is 0 Å². The first-order chi connectivity index (χ1) is 10.1. The Bertz CT molecular complexity index is 460. The van der Waals surface area contributed by atoms with Crippen LogP contribution in [0.2, 0.25) is 5.02 Å². The summed E-state index contributed by atoms with van der Waals surface area (Å²) in [6, 6.07) is -0.0523. The molecule has 1 aliphatic heterocycles. The second kappa shape index (κ2) is 8.06. The van der Waals surface area contributed by atoms with Crippen molar-refractivity contribution in [2.24, 2.45) is 0 Å². The molecule has 5 nitrogen and oxygen atoms in total. The second-order valence-electron chi connectivity index (χ2n) is 5.43. The van der Waals surface area contributed by atoms with E-state index in [1.807, 2.05) is 18.7 Å². The van der Waals surface area contributed by atoms with Crippen molar-refractivity contribution in [2.75, 3.05) is 31.6 Å². The largest absolute Gasteiger partial charge is 0.351 e. The molecule has 1 atom stereocenters. The summed E-state index contributed by atoms with van der Waals surface area (Å²) in [7, 11) is 0. The monoisotopic (exact) mass is 330 g/mol. The summed E-state index contributed by atoms with van der Waals surface area (Å²) in [5.74, 6) is 1.19. The van der Waals surface area contributed by atoms with Gasteiger partial charge >= 0.3 is 0 Å². The second-order valence-corrected chi connectivity index (χ2v) is 6.85. The highest BCUT2D eigenvalue weighted by molar-refractivity contribution is 7.98. The number of carbonyl (C=O) groups is 1. The third-order valence-corrected chi connectivity index (χ3v) is 4.68. The van der Waals surface area contributed by atoms with E-state index in [0.29, 0.717) is 5.02 Å². The minimum Gasteiger partial charge on any atom is -0.351 e. The lowest BCUT2D eigenvalue weighted by atomic mass is 10.0. The molecule has 1 aromatic heterocycles. The zero-order valence-electron chi connectivity index (χ0n) is 12.6. The van der Waals surface area contributed by atoms with Crippen LogP contribution in [0, 0.1) is 0 Å². The van der Waals surface area contributed by atoms with Crippen molar-refractivity contribution in [1.82, 2.24) is 20.0 Å². The number of carbonyl (C=O) groups excluding carboxylic acids is 1. The maximum atomic E-state index is 12.2. The molecule has 0 aliphatic carbocycles. The molecule has 118 valence electrons. The van der Waals surface area contributed by atoms with Gasteiger partial charge in [0.05, 0.1) is 11.2 Å². The molecule has 0 radical (unpaired) electrons. The van der Waals surface area contributed by atoms with Gasteiger partial charge in [-0.05, 0) is 26.0 Å². The fraction of sp³-hybridized carbons (Fsp3) is 0.714. The number of nitrogens with zero attached hydrogens (tertiary/aromatic N) is 3. The zero-order chi connectivity index (χ0) is 15.2. The van der Waals surface area contributed by atoms with Crippen molar-refractivity contribution in [3.05, 3.63) is 17.4 Å². The fourth-order valence-electron chi connectivity index (χ4n) is 2.49. The summed E-state index contributed by atoms with van der Waals surface area (Å²) >= 11 is 7.71. The van der Waals surface area contributed by atoms with E-state index in [9.17, 15) is 4.79 Å². The van der Waals surface area contributed by atoms with E-state index >= 15 is 0 Å². The highest BCUT2D eigenvalue weighted by Gasteiger charge is 2.23. The molecule has 2 rings (SSSR count). The van der Waals surface area contributed by atoms with Crippen LogP contribution < -0.4 is 5.32 Å². The Hall–Kier alpha value is -0.720. The molecule has 1 fully saturated rings. The predicted molar refractivity (Wildman–Crippen MR) is 87.9 cm³/mol. The average molecular weight is 331 g/mol. The van der Waals surface area contributed by atoms with Gasteiger partial charge in [-0.2, -0.15) is 16.9 Å². The Morgan fingerprint density at radius 1 is 1.57 bits per heavy atom. The lowest BCUT2D eigenvalue weighted by Gasteiger charge is -2.32. The van der Waals surface area contributed by atoms with Gasteiger partial charge < -0.3 is 10.2 Å². The van der Waals surface area contributed by atoms with Gasteiger partial charge in [0.2, 0.25) is 5.91 Å². The van der Waals surface area contributed by atoms with Crippen molar-refractivity contribution < 1.29 is 4.79 Å². The molecule has 0 bridgehead atoms. The van der Waals surface area contributed by atoms with E-state index in [4.69, 9.17) is 11.6 Å². The number of hydrogen-bond donors (Lipinski definition) is 1. The van der Waals surface area contributed by atoms with E-state index in [1.165, 1.54) is 5.75 Å². The third kappa shape index (κ3) is 4.90. The first-order valence-electron chi connectivity index (χ1n) is 7.31. The number of piperidine rings is 1. The van der Waals surface area contributed by atoms with Crippen molar-refractivity contribution in [1.29, 1.82) is 0 Å². The SMILES string of the molecule is CSCCN1CCC(NC(=O)[C@@H](C)n2cc(Cl)cn2)CC1. The summed E-state index contributed by atoms with van der Waals surface area (Å²) in [5, 5.41) is 7.77. The van der Waals surface area contributed by atoms with Gasteiger partial charge in [-0.15, -0.1) is 0 Å². The summed E-state index contributed by atoms with van der Waals surface area (Å²) < 4.78 is 1.60. The van der Waals surface area contributed by atoms with Gasteiger partial charge in [0, 0.05) is 37.6 Å². The Morgan fingerprint density at radius 3 is 2.86 bits per heavy atom. The van der Waals surface area contributed by atoms with E-state index in [-0.39, 0.29) is 18.0 Å². The van der Waals surface area contributed by atoms with Crippen molar-refractivity contribution in [2.45, 2.75) is 31.8 Å². The molecular weight excluding hydrogens is 308 g/mol. The van der Waals surface area contributed by atoms with Gasteiger partial charge in [-0.1, -0.05) is 11.6 Å². The highest BCUT2D eigenvalue weighted by atomic mass is 35.5. The zero-order valence-corrected chi connectivity index (χ0v) is 14.2. The standard InChI is InChI=1S/C14H23ClN4OS/c1-11(19-10-12(15)9-16-19)14(20)17-13-3-5-18(6-4-13)7-8-21-2/h9-11,13H,3-8H2,1-2H3,(H,17,20)/t11-/m1/s1. The Balaban J connectivity index is 1.76. The average Bonchev–Trinajstić information content (AvgIpc) is 2.92. The van der Waals surface area contributed by atoms with Crippen LogP contribution >= 0.6 is 23.4 Å². The van der Waals surface area contributed by atoms with Crippen molar-refractivity contribution in [3.8, 4) is 0 Å². The molecule has 0 unspecified atom stereocenters. The van der Waals surface area contributed by atoms with E-state index < -0.39 is 0 Å². The van der Waals surface area contributed by atoms with E-state index in [1.54, 1.807) is 17.1 Å². The van der Waals surface area contributed by atoms with Crippen molar-refractivity contribution >= 4 is 29.3 Å². The molecule has 1 aromatic rings. The Morgan fingerprint density at radius 2 is 2.29 bits per heavy atom. The van der Waals surface area contributed by atoms with E-state index in [0.717, 1.165) is 32.5 Å². The molecule has 0 saturated carbocycles. The molecule has 0 aromatic carbocycles. The number of rotatable bonds is 6. The minimum absolute atomic E-state index is 0.0114. The van der Waals surface area contributed by atoms with Gasteiger partial charge in [0.15, 0.2) is 0 Å². The van der Waals surface area contributed by atoms with Gasteiger partial charge in [-0.3, -0.25) is 9.48 Å². The van der Waals surface area contributed by atoms with Gasteiger partial charge in [-0.25, -0.2) is 0 Å². The molecule has 2 heterocycles. The molecular formula is C14H23ClN4OS. The van der Waals surface area contributed by atoms with Crippen LogP contribution in [0.15, 0.2) is 12.4 Å². The molecule has 1 saturated heterocycles. The maximum absolute atomic E-state index is 12.2. The molecule has 21 heavy (non-hydrogen) atoms. The molecule has 1 N–H and O–H groups in total. The van der Waals surface area contributed by atoms with E-state index in [2.05, 4.69) is 21.6 Å². The summed E-state index contributed by atoms with van der Waals surface area (Å²) in [5.41, 5.74) is 0. The summed E-state index contributed by atoms with van der Waals surface area (Å²) in [6.07, 6.45) is 7.40. The van der Waals surface area contributed by atoms with Crippen LogP contribution in [-0.4, -0.2) is 58.3 Å². The topological polar surface area (TPSA) is 50.2 Å². The number of nitrogens with one attached hydrogen (secondary N) is 1. The highest BCUT2D eigenvalue weighted by Crippen LogP contribution is 2.14. The Kier molecular flexibility index (Phi) is 6.39. The molecule has 1 aliphatic rings. The van der Waals surface area contributed by atoms with Crippen LogP contribution in [0.25, 0.3) is 0 Å². The number of likely N-dealkylation sites (tertiary alicyclic amines) is 1. The fourth-order valence-corrected chi connectivity index (χ4v) is 3.07. The maximum Gasteiger partial charge on any atom is 0.244 e. The number of aromatic nitrogens is 2.